The quantitative estimate of drug-likeness (QED) is 0.466. The molecule has 0 saturated carbocycles. The van der Waals surface area contributed by atoms with E-state index in [1.807, 2.05) is 0 Å². The zero-order valence-electron chi connectivity index (χ0n) is 10.2. The van der Waals surface area contributed by atoms with Gasteiger partial charge in [-0.1, -0.05) is 15.9 Å². The van der Waals surface area contributed by atoms with Crippen LogP contribution >= 0.6 is 15.9 Å². The summed E-state index contributed by atoms with van der Waals surface area (Å²) in [6.45, 7) is 0. The molecule has 0 atom stereocenters. The van der Waals surface area contributed by atoms with Crippen molar-refractivity contribution in [3.63, 3.8) is 0 Å². The molecule has 0 spiro atoms. The van der Waals surface area contributed by atoms with Crippen molar-refractivity contribution < 1.29 is 23.2 Å². The summed E-state index contributed by atoms with van der Waals surface area (Å²) in [6.07, 6.45) is 0.486. The molecule has 0 saturated heterocycles. The summed E-state index contributed by atoms with van der Waals surface area (Å²) in [6, 6.07) is 5.34. The van der Waals surface area contributed by atoms with Gasteiger partial charge in [0.15, 0.2) is 17.9 Å². The average molecular weight is 358 g/mol. The van der Waals surface area contributed by atoms with Crippen LogP contribution in [0.5, 0.6) is 11.5 Å². The molecule has 21 heavy (non-hydrogen) atoms. The lowest BCUT2D eigenvalue weighted by Gasteiger charge is -2.09. The second kappa shape index (κ2) is 5.96. The van der Waals surface area contributed by atoms with Gasteiger partial charge in [0, 0.05) is 10.5 Å². The zero-order chi connectivity index (χ0) is 15.6. The number of hydrogen-bond acceptors (Lipinski definition) is 4. The van der Waals surface area contributed by atoms with Crippen LogP contribution in [0.4, 0.5) is 14.5 Å². The smallest absolute Gasteiger partial charge is 0.307 e. The summed E-state index contributed by atoms with van der Waals surface area (Å²) in [4.78, 5) is 20.4. The summed E-state index contributed by atoms with van der Waals surface area (Å²) in [5, 5.41) is 10.5. The Labute approximate surface area is 125 Å². The van der Waals surface area contributed by atoms with E-state index in [9.17, 15) is 23.7 Å². The van der Waals surface area contributed by atoms with Crippen molar-refractivity contribution in [2.45, 2.75) is 0 Å². The van der Waals surface area contributed by atoms with E-state index in [1.54, 1.807) is 6.07 Å². The lowest BCUT2D eigenvalue weighted by Crippen LogP contribution is -1.98. The van der Waals surface area contributed by atoms with Crippen LogP contribution in [-0.2, 0) is 0 Å². The van der Waals surface area contributed by atoms with E-state index in [0.717, 1.165) is 0 Å². The van der Waals surface area contributed by atoms with Gasteiger partial charge in [0.1, 0.15) is 5.75 Å². The molecule has 2 aromatic rings. The van der Waals surface area contributed by atoms with Gasteiger partial charge in [-0.05, 0) is 18.2 Å². The van der Waals surface area contributed by atoms with Crippen molar-refractivity contribution in [3.05, 3.63) is 62.1 Å². The summed E-state index contributed by atoms with van der Waals surface area (Å²) >= 11 is 3.15. The molecular weight excluding hydrogens is 352 g/mol. The highest BCUT2D eigenvalue weighted by Crippen LogP contribution is 2.32. The second-order valence-electron chi connectivity index (χ2n) is 3.89. The third-order valence-electron chi connectivity index (χ3n) is 2.52. The minimum atomic E-state index is -1.24. The predicted octanol–water partition coefficient (Wildman–Crippen LogP) is 4.24. The van der Waals surface area contributed by atoms with Crippen LogP contribution < -0.4 is 4.74 Å². The standard InChI is InChI=1S/C13H6BrF2NO4/c14-8-1-2-12(7(3-8)6-18)21-13-5-9(15)11(17(19)20)4-10(13)16/h1-6H. The average Bonchev–Trinajstić information content (AvgIpc) is 2.43. The van der Waals surface area contributed by atoms with Crippen molar-refractivity contribution in [3.8, 4) is 11.5 Å². The Kier molecular flexibility index (Phi) is 4.27. The number of hydrogen-bond donors (Lipinski definition) is 0. The molecule has 108 valence electrons. The molecular formula is C13H6BrF2NO4. The highest BCUT2D eigenvalue weighted by atomic mass is 79.9. The summed E-state index contributed by atoms with van der Waals surface area (Å²) in [7, 11) is 0. The molecule has 0 radical (unpaired) electrons. The fourth-order valence-electron chi connectivity index (χ4n) is 1.56. The highest BCUT2D eigenvalue weighted by Gasteiger charge is 2.20. The van der Waals surface area contributed by atoms with Gasteiger partial charge in [0.2, 0.25) is 5.82 Å². The van der Waals surface area contributed by atoms with Crippen LogP contribution in [0.15, 0.2) is 34.8 Å². The van der Waals surface area contributed by atoms with Gasteiger partial charge in [-0.15, -0.1) is 0 Å². The minimum absolute atomic E-state index is 0.000327. The van der Waals surface area contributed by atoms with Crippen molar-refractivity contribution in [1.29, 1.82) is 0 Å². The number of rotatable bonds is 4. The zero-order valence-corrected chi connectivity index (χ0v) is 11.8. The van der Waals surface area contributed by atoms with Gasteiger partial charge in [-0.2, -0.15) is 4.39 Å². The number of carbonyl (C=O) groups is 1. The molecule has 8 heteroatoms. The van der Waals surface area contributed by atoms with Crippen molar-refractivity contribution in [2.24, 2.45) is 0 Å². The molecule has 0 heterocycles. The SMILES string of the molecule is O=Cc1cc(Br)ccc1Oc1cc(F)c([N+](=O)[O-])cc1F. The van der Waals surface area contributed by atoms with Crippen molar-refractivity contribution in [1.82, 2.24) is 0 Å². The maximum absolute atomic E-state index is 13.7. The first-order valence-electron chi connectivity index (χ1n) is 5.48. The topological polar surface area (TPSA) is 69.4 Å². The molecule has 0 bridgehead atoms. The fourth-order valence-corrected chi connectivity index (χ4v) is 1.94. The monoisotopic (exact) mass is 357 g/mol. The van der Waals surface area contributed by atoms with Gasteiger partial charge in [0.25, 0.3) is 0 Å². The maximum Gasteiger partial charge on any atom is 0.307 e. The number of ether oxygens (including phenoxy) is 1. The third kappa shape index (κ3) is 3.22. The van der Waals surface area contributed by atoms with E-state index in [2.05, 4.69) is 15.9 Å². The number of nitro groups is 1. The Bertz CT molecular complexity index is 736. The van der Waals surface area contributed by atoms with Gasteiger partial charge < -0.3 is 4.74 Å². The number of benzene rings is 2. The minimum Gasteiger partial charge on any atom is -0.453 e. The van der Waals surface area contributed by atoms with E-state index in [0.29, 0.717) is 22.9 Å². The molecule has 0 N–H and O–H groups in total. The van der Waals surface area contributed by atoms with E-state index in [-0.39, 0.29) is 11.3 Å². The molecule has 0 aliphatic heterocycles. The van der Waals surface area contributed by atoms with Crippen LogP contribution in [-0.4, -0.2) is 11.2 Å². The first-order chi connectivity index (χ1) is 9.92. The van der Waals surface area contributed by atoms with E-state index < -0.39 is 28.0 Å². The number of aldehydes is 1. The van der Waals surface area contributed by atoms with Gasteiger partial charge >= 0.3 is 5.69 Å². The number of carbonyl (C=O) groups excluding carboxylic acids is 1. The van der Waals surface area contributed by atoms with E-state index in [1.165, 1.54) is 12.1 Å². The molecule has 2 rings (SSSR count). The first kappa shape index (κ1) is 15.0. The fraction of sp³-hybridized carbons (Fsp3) is 0. The van der Waals surface area contributed by atoms with Crippen LogP contribution in [0.1, 0.15) is 10.4 Å². The highest BCUT2D eigenvalue weighted by molar-refractivity contribution is 9.10. The van der Waals surface area contributed by atoms with Crippen LogP contribution in [0, 0.1) is 21.7 Å². The lowest BCUT2D eigenvalue weighted by atomic mass is 10.2. The first-order valence-corrected chi connectivity index (χ1v) is 6.27. The Balaban J connectivity index is 2.43. The summed E-state index contributed by atoms with van der Waals surface area (Å²) in [5.74, 6) is -2.90. The Morgan fingerprint density at radius 2 is 1.86 bits per heavy atom. The molecule has 0 aromatic heterocycles. The van der Waals surface area contributed by atoms with Gasteiger partial charge in [-0.25, -0.2) is 4.39 Å². The number of nitro benzene ring substituents is 1. The van der Waals surface area contributed by atoms with E-state index >= 15 is 0 Å². The van der Waals surface area contributed by atoms with Crippen molar-refractivity contribution in [2.75, 3.05) is 0 Å². The number of nitrogens with zero attached hydrogens (tertiary/aromatic N) is 1. The molecule has 2 aromatic carbocycles. The Morgan fingerprint density at radius 1 is 1.14 bits per heavy atom. The van der Waals surface area contributed by atoms with E-state index in [4.69, 9.17) is 4.74 Å². The van der Waals surface area contributed by atoms with Gasteiger partial charge in [0.05, 0.1) is 16.6 Å². The Hall–Kier alpha value is -2.35. The Morgan fingerprint density at radius 3 is 2.48 bits per heavy atom. The lowest BCUT2D eigenvalue weighted by molar-refractivity contribution is -0.387. The third-order valence-corrected chi connectivity index (χ3v) is 3.01. The molecule has 0 fully saturated rings. The van der Waals surface area contributed by atoms with Crippen LogP contribution in [0.3, 0.4) is 0 Å². The molecule has 0 aliphatic carbocycles. The maximum atomic E-state index is 13.7. The molecule has 5 nitrogen and oxygen atoms in total. The van der Waals surface area contributed by atoms with Gasteiger partial charge in [-0.3, -0.25) is 14.9 Å². The predicted molar refractivity (Wildman–Crippen MR) is 72.6 cm³/mol. The largest absolute Gasteiger partial charge is 0.453 e. The van der Waals surface area contributed by atoms with Crippen LogP contribution in [0.25, 0.3) is 0 Å². The molecule has 0 aliphatic rings. The molecule has 0 amide bonds. The second-order valence-corrected chi connectivity index (χ2v) is 4.81. The molecule has 0 unspecified atom stereocenters. The van der Waals surface area contributed by atoms with Crippen molar-refractivity contribution >= 4 is 27.9 Å². The normalized spacial score (nSPS) is 10.2. The number of halogens is 3. The summed E-state index contributed by atoms with van der Waals surface area (Å²) in [5.41, 5.74) is -0.881. The van der Waals surface area contributed by atoms with Crippen LogP contribution in [0.2, 0.25) is 0 Å². The summed E-state index contributed by atoms with van der Waals surface area (Å²) < 4.78 is 32.9.